The first-order valence-corrected chi connectivity index (χ1v) is 5.75. The molecular formula is C13H21NO2. The number of hydrogen-bond acceptors (Lipinski definition) is 3. The lowest BCUT2D eigenvalue weighted by Crippen LogP contribution is -2.13. The highest BCUT2D eigenvalue weighted by atomic mass is 16.5. The van der Waals surface area contributed by atoms with E-state index in [0.29, 0.717) is 12.5 Å². The molecule has 16 heavy (non-hydrogen) atoms. The lowest BCUT2D eigenvalue weighted by molar-refractivity contribution is 0.178. The van der Waals surface area contributed by atoms with Crippen LogP contribution in [0.2, 0.25) is 0 Å². The molecule has 1 atom stereocenters. The number of aliphatic hydroxyl groups is 1. The molecule has 0 fully saturated rings. The zero-order valence-electron chi connectivity index (χ0n) is 10.0. The summed E-state index contributed by atoms with van der Waals surface area (Å²) in [5.41, 5.74) is 6.22. The molecule has 0 saturated heterocycles. The van der Waals surface area contributed by atoms with Crippen LogP contribution in [0.5, 0.6) is 5.75 Å². The summed E-state index contributed by atoms with van der Waals surface area (Å²) in [5, 5.41) is 9.71. The molecular weight excluding hydrogens is 202 g/mol. The maximum absolute atomic E-state index is 9.71. The van der Waals surface area contributed by atoms with Crippen LogP contribution < -0.4 is 10.5 Å². The van der Waals surface area contributed by atoms with Gasteiger partial charge in [0.2, 0.25) is 0 Å². The van der Waals surface area contributed by atoms with E-state index in [4.69, 9.17) is 10.5 Å². The molecule has 0 heterocycles. The average Bonchev–Trinajstić information content (AvgIpc) is 2.28. The van der Waals surface area contributed by atoms with E-state index in [-0.39, 0.29) is 6.54 Å². The Morgan fingerprint density at radius 1 is 1.31 bits per heavy atom. The van der Waals surface area contributed by atoms with Crippen molar-refractivity contribution in [2.45, 2.75) is 26.4 Å². The van der Waals surface area contributed by atoms with Gasteiger partial charge in [-0.1, -0.05) is 32.0 Å². The summed E-state index contributed by atoms with van der Waals surface area (Å²) < 4.78 is 5.66. The van der Waals surface area contributed by atoms with E-state index in [2.05, 4.69) is 13.8 Å². The zero-order chi connectivity index (χ0) is 12.0. The van der Waals surface area contributed by atoms with Crippen LogP contribution in [0, 0.1) is 5.92 Å². The third-order valence-corrected chi connectivity index (χ3v) is 2.45. The van der Waals surface area contributed by atoms with Gasteiger partial charge in [0.05, 0.1) is 12.7 Å². The van der Waals surface area contributed by atoms with Gasteiger partial charge in [-0.3, -0.25) is 0 Å². The predicted molar refractivity (Wildman–Crippen MR) is 65.4 cm³/mol. The minimum atomic E-state index is -0.643. The first-order valence-electron chi connectivity index (χ1n) is 5.75. The molecule has 90 valence electrons. The van der Waals surface area contributed by atoms with Crippen molar-refractivity contribution in [1.82, 2.24) is 0 Å². The van der Waals surface area contributed by atoms with Gasteiger partial charge in [0, 0.05) is 12.1 Å². The number of ether oxygens (including phenoxy) is 1. The lowest BCUT2D eigenvalue weighted by atomic mass is 10.1. The Kier molecular flexibility index (Phi) is 5.29. The first kappa shape index (κ1) is 13.0. The molecule has 0 saturated carbocycles. The van der Waals surface area contributed by atoms with Gasteiger partial charge in [-0.15, -0.1) is 0 Å². The molecule has 0 bridgehead atoms. The van der Waals surface area contributed by atoms with Crippen molar-refractivity contribution in [3.8, 4) is 5.75 Å². The summed E-state index contributed by atoms with van der Waals surface area (Å²) in [6, 6.07) is 7.50. The molecule has 0 aliphatic heterocycles. The minimum absolute atomic E-state index is 0.213. The first-order chi connectivity index (χ1) is 7.65. The van der Waals surface area contributed by atoms with Gasteiger partial charge >= 0.3 is 0 Å². The van der Waals surface area contributed by atoms with Crippen molar-refractivity contribution in [3.63, 3.8) is 0 Å². The van der Waals surface area contributed by atoms with Crippen LogP contribution in [0.1, 0.15) is 31.9 Å². The predicted octanol–water partition coefficient (Wildman–Crippen LogP) is 2.10. The van der Waals surface area contributed by atoms with Crippen LogP contribution >= 0.6 is 0 Å². The maximum Gasteiger partial charge on any atom is 0.125 e. The Morgan fingerprint density at radius 3 is 2.62 bits per heavy atom. The van der Waals surface area contributed by atoms with E-state index in [1.807, 2.05) is 24.3 Å². The van der Waals surface area contributed by atoms with Crippen LogP contribution in [0.3, 0.4) is 0 Å². The van der Waals surface area contributed by atoms with Crippen LogP contribution in [-0.2, 0) is 0 Å². The summed E-state index contributed by atoms with van der Waals surface area (Å²) in [6.07, 6.45) is 0.364. The summed E-state index contributed by atoms with van der Waals surface area (Å²) in [5.74, 6) is 1.35. The fraction of sp³-hybridized carbons (Fsp3) is 0.538. The highest BCUT2D eigenvalue weighted by molar-refractivity contribution is 5.35. The van der Waals surface area contributed by atoms with Crippen molar-refractivity contribution in [3.05, 3.63) is 29.8 Å². The number of benzene rings is 1. The van der Waals surface area contributed by atoms with E-state index >= 15 is 0 Å². The van der Waals surface area contributed by atoms with Crippen LogP contribution in [0.4, 0.5) is 0 Å². The van der Waals surface area contributed by atoms with E-state index in [1.165, 1.54) is 0 Å². The van der Waals surface area contributed by atoms with Gasteiger partial charge in [-0.25, -0.2) is 0 Å². The molecule has 0 spiro atoms. The number of hydrogen-bond donors (Lipinski definition) is 2. The molecule has 0 amide bonds. The standard InChI is InChI=1S/C13H21NO2/c1-10(2)7-8-16-13-6-4-3-5-11(13)12(15)9-14/h3-6,10,12,15H,7-9,14H2,1-2H3/t12-/m0/s1. The zero-order valence-corrected chi connectivity index (χ0v) is 10.0. The van der Waals surface area contributed by atoms with E-state index in [0.717, 1.165) is 17.7 Å². The fourth-order valence-electron chi connectivity index (χ4n) is 1.42. The van der Waals surface area contributed by atoms with Gasteiger partial charge < -0.3 is 15.6 Å². The summed E-state index contributed by atoms with van der Waals surface area (Å²) in [4.78, 5) is 0. The molecule has 3 N–H and O–H groups in total. The number of para-hydroxylation sites is 1. The SMILES string of the molecule is CC(C)CCOc1ccccc1[C@@H](O)CN. The molecule has 0 radical (unpaired) electrons. The van der Waals surface area contributed by atoms with Crippen LogP contribution in [0.15, 0.2) is 24.3 Å². The van der Waals surface area contributed by atoms with E-state index in [9.17, 15) is 5.11 Å². The molecule has 0 unspecified atom stereocenters. The Bertz CT molecular complexity index is 313. The largest absolute Gasteiger partial charge is 0.493 e. The van der Waals surface area contributed by atoms with Crippen LogP contribution in [0.25, 0.3) is 0 Å². The van der Waals surface area contributed by atoms with Gasteiger partial charge in [0.25, 0.3) is 0 Å². The quantitative estimate of drug-likeness (QED) is 0.776. The second-order valence-electron chi connectivity index (χ2n) is 4.32. The second kappa shape index (κ2) is 6.51. The van der Waals surface area contributed by atoms with Crippen molar-refractivity contribution in [2.75, 3.05) is 13.2 Å². The third kappa shape index (κ3) is 3.83. The molecule has 0 aliphatic carbocycles. The Labute approximate surface area is 97.2 Å². The smallest absolute Gasteiger partial charge is 0.125 e. The maximum atomic E-state index is 9.71. The number of rotatable bonds is 6. The van der Waals surface area contributed by atoms with Crippen molar-refractivity contribution < 1.29 is 9.84 Å². The van der Waals surface area contributed by atoms with Gasteiger partial charge in [0.1, 0.15) is 5.75 Å². The molecule has 1 rings (SSSR count). The number of aliphatic hydroxyl groups excluding tert-OH is 1. The third-order valence-electron chi connectivity index (χ3n) is 2.45. The van der Waals surface area contributed by atoms with Crippen molar-refractivity contribution in [2.24, 2.45) is 11.7 Å². The highest BCUT2D eigenvalue weighted by Crippen LogP contribution is 2.24. The molecule has 0 aromatic heterocycles. The van der Waals surface area contributed by atoms with Crippen LogP contribution in [-0.4, -0.2) is 18.3 Å². The average molecular weight is 223 g/mol. The summed E-state index contributed by atoms with van der Waals surface area (Å²) >= 11 is 0. The Balaban J connectivity index is 2.64. The fourth-order valence-corrected chi connectivity index (χ4v) is 1.42. The Morgan fingerprint density at radius 2 is 2.00 bits per heavy atom. The van der Waals surface area contributed by atoms with Gasteiger partial charge in [-0.2, -0.15) is 0 Å². The second-order valence-corrected chi connectivity index (χ2v) is 4.32. The molecule has 1 aromatic rings. The summed E-state index contributed by atoms with van der Waals surface area (Å²) in [7, 11) is 0. The van der Waals surface area contributed by atoms with Gasteiger partial charge in [0.15, 0.2) is 0 Å². The molecule has 3 heteroatoms. The van der Waals surface area contributed by atoms with E-state index in [1.54, 1.807) is 0 Å². The van der Waals surface area contributed by atoms with Crippen molar-refractivity contribution >= 4 is 0 Å². The molecule has 3 nitrogen and oxygen atoms in total. The monoisotopic (exact) mass is 223 g/mol. The Hall–Kier alpha value is -1.06. The van der Waals surface area contributed by atoms with E-state index < -0.39 is 6.10 Å². The van der Waals surface area contributed by atoms with Crippen molar-refractivity contribution in [1.29, 1.82) is 0 Å². The number of nitrogens with two attached hydrogens (primary N) is 1. The normalized spacial score (nSPS) is 12.8. The topological polar surface area (TPSA) is 55.5 Å². The summed E-state index contributed by atoms with van der Waals surface area (Å²) in [6.45, 7) is 5.20. The lowest BCUT2D eigenvalue weighted by Gasteiger charge is -2.15. The van der Waals surface area contributed by atoms with Gasteiger partial charge in [-0.05, 0) is 18.4 Å². The molecule has 0 aliphatic rings. The molecule has 1 aromatic carbocycles. The highest BCUT2D eigenvalue weighted by Gasteiger charge is 2.11. The minimum Gasteiger partial charge on any atom is -0.493 e.